The number of phenols is 1. The Labute approximate surface area is 140 Å². The number of aromatic hydroxyl groups is 1. The van der Waals surface area contributed by atoms with Gasteiger partial charge in [-0.1, -0.05) is 6.07 Å². The third kappa shape index (κ3) is 4.23. The van der Waals surface area contributed by atoms with Crippen LogP contribution >= 0.6 is 0 Å². The second kappa shape index (κ2) is 7.31. The number of carbonyl (C=O) groups excluding carboxylic acids is 1. The van der Waals surface area contributed by atoms with E-state index in [-0.39, 0.29) is 17.5 Å². The van der Waals surface area contributed by atoms with Gasteiger partial charge in [0.15, 0.2) is 6.54 Å². The predicted molar refractivity (Wildman–Crippen MR) is 90.9 cm³/mol. The summed E-state index contributed by atoms with van der Waals surface area (Å²) in [5.41, 5.74) is 1.57. The molecule has 1 heterocycles. The Hall–Kier alpha value is -2.60. The third-order valence-corrected chi connectivity index (χ3v) is 4.20. The molecule has 2 aromatic rings. The summed E-state index contributed by atoms with van der Waals surface area (Å²) >= 11 is 0. The van der Waals surface area contributed by atoms with Crippen LogP contribution in [0.25, 0.3) is 0 Å². The van der Waals surface area contributed by atoms with Crippen LogP contribution in [0.3, 0.4) is 0 Å². The number of quaternary nitrogens is 1. The highest BCUT2D eigenvalue weighted by Crippen LogP contribution is 2.18. The first-order valence-electron chi connectivity index (χ1n) is 8.03. The van der Waals surface area contributed by atoms with Crippen LogP contribution in [0.15, 0.2) is 48.5 Å². The second-order valence-electron chi connectivity index (χ2n) is 5.99. The SMILES string of the molecule is O=C(C[NH+]1CCN(c2ccc(O)cc2)CC1)Nc1cccc(F)c1. The summed E-state index contributed by atoms with van der Waals surface area (Å²) in [6.07, 6.45) is 0. The fourth-order valence-corrected chi connectivity index (χ4v) is 2.92. The number of nitrogens with zero attached hydrogens (tertiary/aromatic N) is 1. The summed E-state index contributed by atoms with van der Waals surface area (Å²) in [5, 5.41) is 12.1. The van der Waals surface area contributed by atoms with Gasteiger partial charge in [-0.25, -0.2) is 4.39 Å². The minimum atomic E-state index is -0.359. The lowest BCUT2D eigenvalue weighted by molar-refractivity contribution is -0.892. The quantitative estimate of drug-likeness (QED) is 0.780. The smallest absolute Gasteiger partial charge is 0.279 e. The van der Waals surface area contributed by atoms with Gasteiger partial charge in [0.1, 0.15) is 11.6 Å². The minimum Gasteiger partial charge on any atom is -0.508 e. The molecular formula is C18H21FN3O2+. The molecule has 0 unspecified atom stereocenters. The molecule has 24 heavy (non-hydrogen) atoms. The van der Waals surface area contributed by atoms with Crippen molar-refractivity contribution in [2.45, 2.75) is 0 Å². The first kappa shape index (κ1) is 16.3. The summed E-state index contributed by atoms with van der Waals surface area (Å²) in [5.74, 6) is -0.201. The molecular weight excluding hydrogens is 309 g/mol. The van der Waals surface area contributed by atoms with Gasteiger partial charge in [0.05, 0.1) is 26.2 Å². The molecule has 0 bridgehead atoms. The number of hydrogen-bond acceptors (Lipinski definition) is 3. The lowest BCUT2D eigenvalue weighted by Gasteiger charge is -2.33. The number of benzene rings is 2. The highest BCUT2D eigenvalue weighted by molar-refractivity contribution is 5.91. The molecule has 0 atom stereocenters. The Kier molecular flexibility index (Phi) is 4.96. The van der Waals surface area contributed by atoms with E-state index in [1.165, 1.54) is 17.0 Å². The van der Waals surface area contributed by atoms with Crippen molar-refractivity contribution in [3.63, 3.8) is 0 Å². The van der Waals surface area contributed by atoms with E-state index in [1.807, 2.05) is 12.1 Å². The molecule has 1 aliphatic rings. The van der Waals surface area contributed by atoms with Crippen LogP contribution in [-0.2, 0) is 4.79 Å². The lowest BCUT2D eigenvalue weighted by atomic mass is 10.2. The Balaban J connectivity index is 1.48. The predicted octanol–water partition coefficient (Wildman–Crippen LogP) is 0.875. The molecule has 3 rings (SSSR count). The summed E-state index contributed by atoms with van der Waals surface area (Å²) in [4.78, 5) is 15.5. The Bertz CT molecular complexity index is 698. The van der Waals surface area contributed by atoms with Crippen molar-refractivity contribution in [3.8, 4) is 5.75 Å². The maximum absolute atomic E-state index is 13.1. The van der Waals surface area contributed by atoms with E-state index < -0.39 is 0 Å². The van der Waals surface area contributed by atoms with Crippen molar-refractivity contribution in [1.29, 1.82) is 0 Å². The number of amides is 1. The number of anilines is 2. The summed E-state index contributed by atoms with van der Waals surface area (Å²) < 4.78 is 13.1. The van der Waals surface area contributed by atoms with Gasteiger partial charge in [-0.3, -0.25) is 4.79 Å². The van der Waals surface area contributed by atoms with Crippen molar-refractivity contribution in [2.24, 2.45) is 0 Å². The van der Waals surface area contributed by atoms with E-state index in [4.69, 9.17) is 0 Å². The molecule has 0 saturated carbocycles. The second-order valence-corrected chi connectivity index (χ2v) is 5.99. The third-order valence-electron chi connectivity index (χ3n) is 4.20. The molecule has 1 fully saturated rings. The molecule has 0 aromatic heterocycles. The number of piperazine rings is 1. The molecule has 1 aliphatic heterocycles. The number of halogens is 1. The molecule has 2 aromatic carbocycles. The topological polar surface area (TPSA) is 57.0 Å². The van der Waals surface area contributed by atoms with Gasteiger partial charge < -0.3 is 20.2 Å². The van der Waals surface area contributed by atoms with Gasteiger partial charge in [-0.2, -0.15) is 0 Å². The summed E-state index contributed by atoms with van der Waals surface area (Å²) in [6.45, 7) is 3.80. The average Bonchev–Trinajstić information content (AvgIpc) is 2.56. The fraction of sp³-hybridized carbons (Fsp3) is 0.278. The van der Waals surface area contributed by atoms with Crippen molar-refractivity contribution in [1.82, 2.24) is 0 Å². The zero-order valence-electron chi connectivity index (χ0n) is 13.3. The van der Waals surface area contributed by atoms with E-state index in [9.17, 15) is 14.3 Å². The standard InChI is InChI=1S/C18H20FN3O2/c19-14-2-1-3-15(12-14)20-18(24)13-21-8-10-22(11-9-21)16-4-6-17(23)7-5-16/h1-7,12,23H,8-11,13H2,(H,20,24)/p+1. The molecule has 1 saturated heterocycles. The van der Waals surface area contributed by atoms with E-state index >= 15 is 0 Å². The molecule has 126 valence electrons. The van der Waals surface area contributed by atoms with Crippen molar-refractivity contribution in [3.05, 3.63) is 54.3 Å². The summed E-state index contributed by atoms with van der Waals surface area (Å²) in [7, 11) is 0. The van der Waals surface area contributed by atoms with Crippen LogP contribution in [-0.4, -0.2) is 43.7 Å². The zero-order chi connectivity index (χ0) is 16.9. The van der Waals surface area contributed by atoms with Gasteiger partial charge in [0, 0.05) is 11.4 Å². The monoisotopic (exact) mass is 330 g/mol. The van der Waals surface area contributed by atoms with E-state index in [0.29, 0.717) is 12.2 Å². The van der Waals surface area contributed by atoms with Crippen LogP contribution in [0.2, 0.25) is 0 Å². The number of hydrogen-bond donors (Lipinski definition) is 3. The number of nitrogens with one attached hydrogen (secondary N) is 2. The van der Waals surface area contributed by atoms with Gasteiger partial charge in [-0.15, -0.1) is 0 Å². The highest BCUT2D eigenvalue weighted by Gasteiger charge is 2.22. The van der Waals surface area contributed by atoms with Gasteiger partial charge in [-0.05, 0) is 42.5 Å². The molecule has 0 aliphatic carbocycles. The maximum atomic E-state index is 13.1. The van der Waals surface area contributed by atoms with E-state index in [0.717, 1.165) is 31.9 Å². The fourth-order valence-electron chi connectivity index (χ4n) is 2.92. The average molecular weight is 330 g/mol. The molecule has 0 radical (unpaired) electrons. The van der Waals surface area contributed by atoms with Gasteiger partial charge in [0.2, 0.25) is 0 Å². The van der Waals surface area contributed by atoms with E-state index in [1.54, 1.807) is 24.3 Å². The lowest BCUT2D eigenvalue weighted by Crippen LogP contribution is -3.15. The van der Waals surface area contributed by atoms with Crippen molar-refractivity contribution < 1.29 is 19.2 Å². The zero-order valence-corrected chi connectivity index (χ0v) is 13.3. The Morgan fingerprint density at radius 1 is 1.17 bits per heavy atom. The molecule has 5 nitrogen and oxygen atoms in total. The van der Waals surface area contributed by atoms with Gasteiger partial charge >= 0.3 is 0 Å². The Morgan fingerprint density at radius 2 is 1.88 bits per heavy atom. The minimum absolute atomic E-state index is 0.103. The number of phenolic OH excluding ortho intramolecular Hbond substituents is 1. The van der Waals surface area contributed by atoms with Gasteiger partial charge in [0.25, 0.3) is 5.91 Å². The molecule has 3 N–H and O–H groups in total. The maximum Gasteiger partial charge on any atom is 0.279 e. The number of carbonyl (C=O) groups is 1. The molecule has 6 heteroatoms. The highest BCUT2D eigenvalue weighted by atomic mass is 19.1. The van der Waals surface area contributed by atoms with Crippen LogP contribution in [0.5, 0.6) is 5.75 Å². The van der Waals surface area contributed by atoms with Crippen LogP contribution in [0.1, 0.15) is 0 Å². The molecule has 1 amide bonds. The first-order chi connectivity index (χ1) is 11.6. The normalized spacial score (nSPS) is 15.3. The van der Waals surface area contributed by atoms with Crippen molar-refractivity contribution >= 4 is 17.3 Å². The Morgan fingerprint density at radius 3 is 2.54 bits per heavy atom. The largest absolute Gasteiger partial charge is 0.508 e. The van der Waals surface area contributed by atoms with E-state index in [2.05, 4.69) is 10.2 Å². The summed E-state index contributed by atoms with van der Waals surface area (Å²) in [6, 6.07) is 13.1. The van der Waals surface area contributed by atoms with Crippen LogP contribution in [0.4, 0.5) is 15.8 Å². The van der Waals surface area contributed by atoms with Crippen LogP contribution in [0, 0.1) is 5.82 Å². The first-order valence-corrected chi connectivity index (χ1v) is 8.03. The van der Waals surface area contributed by atoms with Crippen LogP contribution < -0.4 is 15.1 Å². The van der Waals surface area contributed by atoms with Crippen molar-refractivity contribution in [2.75, 3.05) is 42.9 Å². The number of rotatable bonds is 4. The molecule has 0 spiro atoms.